The first-order chi connectivity index (χ1) is 11.1. The Balaban J connectivity index is 2.09. The summed E-state index contributed by atoms with van der Waals surface area (Å²) in [5.41, 5.74) is 2.06. The number of carbonyl (C=O) groups excluding carboxylic acids is 1. The van der Waals surface area contributed by atoms with E-state index in [0.717, 1.165) is 21.2 Å². The van der Waals surface area contributed by atoms with Crippen molar-refractivity contribution in [1.82, 2.24) is 4.57 Å². The number of rotatable bonds is 2. The molecule has 1 aromatic heterocycles. The molecule has 0 fully saturated rings. The van der Waals surface area contributed by atoms with E-state index >= 15 is 0 Å². The molecule has 0 aliphatic carbocycles. The fraction of sp³-hybridized carbons (Fsp3) is 0.118. The molecule has 0 saturated carbocycles. The highest BCUT2D eigenvalue weighted by Crippen LogP contribution is 2.22. The van der Waals surface area contributed by atoms with Crippen molar-refractivity contribution < 1.29 is 4.79 Å². The van der Waals surface area contributed by atoms with Crippen molar-refractivity contribution in [3.05, 3.63) is 62.9 Å². The molecule has 3 rings (SSSR count). The minimum absolute atomic E-state index is 0.303. The Morgan fingerprint density at radius 1 is 1.30 bits per heavy atom. The summed E-state index contributed by atoms with van der Waals surface area (Å²) < 4.78 is 4.10. The van der Waals surface area contributed by atoms with Crippen LogP contribution in [-0.2, 0) is 6.54 Å². The maximum absolute atomic E-state index is 12.4. The third kappa shape index (κ3) is 3.11. The summed E-state index contributed by atoms with van der Waals surface area (Å²) in [4.78, 5) is 17.3. The number of amides is 1. The molecule has 1 amide bonds. The molecule has 114 valence electrons. The van der Waals surface area contributed by atoms with Gasteiger partial charge in [0.1, 0.15) is 0 Å². The molecule has 0 unspecified atom stereocenters. The number of nitriles is 1. The number of nitrogens with zero attached hydrogens (tertiary/aromatic N) is 3. The van der Waals surface area contributed by atoms with Crippen molar-refractivity contribution in [2.75, 3.05) is 0 Å². The molecule has 2 aromatic carbocycles. The fourth-order valence-electron chi connectivity index (χ4n) is 2.28. The Kier molecular flexibility index (Phi) is 4.42. The van der Waals surface area contributed by atoms with Crippen LogP contribution in [0.1, 0.15) is 22.8 Å². The van der Waals surface area contributed by atoms with Gasteiger partial charge in [-0.1, -0.05) is 27.3 Å². The van der Waals surface area contributed by atoms with Gasteiger partial charge in [0.05, 0.1) is 21.8 Å². The lowest BCUT2D eigenvalue weighted by atomic mass is 10.1. The molecule has 0 N–H and O–H groups in total. The first-order valence-electron chi connectivity index (χ1n) is 7.00. The second-order valence-electron chi connectivity index (χ2n) is 4.85. The van der Waals surface area contributed by atoms with Crippen molar-refractivity contribution in [2.24, 2.45) is 4.99 Å². The van der Waals surface area contributed by atoms with Crippen LogP contribution in [0, 0.1) is 11.3 Å². The third-order valence-corrected chi connectivity index (χ3v) is 4.95. The Morgan fingerprint density at radius 3 is 2.70 bits per heavy atom. The molecule has 0 atom stereocenters. The van der Waals surface area contributed by atoms with E-state index in [0.29, 0.717) is 15.9 Å². The largest absolute Gasteiger partial charge is 0.317 e. The molecule has 0 saturated heterocycles. The van der Waals surface area contributed by atoms with Gasteiger partial charge in [-0.2, -0.15) is 10.3 Å². The smallest absolute Gasteiger partial charge is 0.279 e. The molecule has 4 nitrogen and oxygen atoms in total. The van der Waals surface area contributed by atoms with Crippen molar-refractivity contribution in [2.45, 2.75) is 13.5 Å². The van der Waals surface area contributed by atoms with Crippen LogP contribution in [0.2, 0.25) is 0 Å². The summed E-state index contributed by atoms with van der Waals surface area (Å²) in [5, 5.41) is 8.81. The van der Waals surface area contributed by atoms with Crippen molar-refractivity contribution in [3.8, 4) is 6.07 Å². The van der Waals surface area contributed by atoms with Crippen LogP contribution in [0.5, 0.6) is 0 Å². The minimum atomic E-state index is -0.303. The van der Waals surface area contributed by atoms with E-state index in [-0.39, 0.29) is 5.91 Å². The first-order valence-corrected chi connectivity index (χ1v) is 8.61. The van der Waals surface area contributed by atoms with Crippen LogP contribution < -0.4 is 4.80 Å². The molecule has 0 aliphatic heterocycles. The Hall–Kier alpha value is -2.23. The van der Waals surface area contributed by atoms with Crippen LogP contribution in [0.25, 0.3) is 10.2 Å². The van der Waals surface area contributed by atoms with E-state index in [1.807, 2.05) is 35.8 Å². The Labute approximate surface area is 145 Å². The first kappa shape index (κ1) is 15.7. The number of aryl methyl sites for hydroxylation is 1. The Morgan fingerprint density at radius 2 is 2.04 bits per heavy atom. The number of benzene rings is 2. The number of aromatic nitrogens is 1. The molecule has 0 bridgehead atoms. The molecule has 0 aliphatic rings. The van der Waals surface area contributed by atoms with Crippen LogP contribution in [0.15, 0.2) is 51.9 Å². The zero-order chi connectivity index (χ0) is 16.4. The van der Waals surface area contributed by atoms with Crippen molar-refractivity contribution >= 4 is 43.4 Å². The fourth-order valence-corrected chi connectivity index (χ4v) is 3.92. The third-order valence-electron chi connectivity index (χ3n) is 3.42. The highest BCUT2D eigenvalue weighted by atomic mass is 79.9. The average Bonchev–Trinajstić information content (AvgIpc) is 2.90. The molecule has 6 heteroatoms. The lowest BCUT2D eigenvalue weighted by Crippen LogP contribution is -2.15. The maximum Gasteiger partial charge on any atom is 0.279 e. The number of halogens is 1. The van der Waals surface area contributed by atoms with Gasteiger partial charge in [-0.3, -0.25) is 4.79 Å². The predicted molar refractivity (Wildman–Crippen MR) is 94.2 cm³/mol. The monoisotopic (exact) mass is 385 g/mol. The lowest BCUT2D eigenvalue weighted by molar-refractivity contribution is 0.0998. The number of hydrogen-bond acceptors (Lipinski definition) is 3. The zero-order valence-electron chi connectivity index (χ0n) is 12.3. The SMILES string of the molecule is CCn1c(=NC(=O)c2ccc(C#N)cc2)sc2cc(Br)ccc21. The number of carbonyl (C=O) groups is 1. The molecule has 3 aromatic rings. The highest BCUT2D eigenvalue weighted by molar-refractivity contribution is 9.10. The summed E-state index contributed by atoms with van der Waals surface area (Å²) in [6, 6.07) is 14.6. The lowest BCUT2D eigenvalue weighted by Gasteiger charge is -2.00. The molecule has 0 radical (unpaired) electrons. The highest BCUT2D eigenvalue weighted by Gasteiger charge is 2.08. The molecular formula is C17H12BrN3OS. The normalized spacial score (nSPS) is 11.6. The number of hydrogen-bond donors (Lipinski definition) is 0. The van der Waals surface area contributed by atoms with Gasteiger partial charge < -0.3 is 4.57 Å². The summed E-state index contributed by atoms with van der Waals surface area (Å²) in [6.45, 7) is 2.76. The van der Waals surface area contributed by atoms with Gasteiger partial charge in [0.25, 0.3) is 5.91 Å². The van der Waals surface area contributed by atoms with E-state index in [1.165, 1.54) is 11.3 Å². The minimum Gasteiger partial charge on any atom is -0.317 e. The standard InChI is InChI=1S/C17H12BrN3OS/c1-2-21-14-8-7-13(18)9-15(14)23-17(21)20-16(22)12-5-3-11(10-19)4-6-12/h3-9H,2H2,1H3. The maximum atomic E-state index is 12.4. The second-order valence-corrected chi connectivity index (χ2v) is 6.77. The molecule has 23 heavy (non-hydrogen) atoms. The summed E-state index contributed by atoms with van der Waals surface area (Å²) in [6.07, 6.45) is 0. The Bertz CT molecular complexity index is 993. The van der Waals surface area contributed by atoms with Crippen LogP contribution in [0.4, 0.5) is 0 Å². The number of fused-ring (bicyclic) bond motifs is 1. The molecule has 0 spiro atoms. The summed E-state index contributed by atoms with van der Waals surface area (Å²) in [7, 11) is 0. The van der Waals surface area contributed by atoms with E-state index in [2.05, 4.69) is 20.9 Å². The van der Waals surface area contributed by atoms with E-state index in [9.17, 15) is 4.79 Å². The van der Waals surface area contributed by atoms with Gasteiger partial charge in [0.15, 0.2) is 4.80 Å². The van der Waals surface area contributed by atoms with Gasteiger partial charge in [-0.15, -0.1) is 0 Å². The van der Waals surface area contributed by atoms with Crippen LogP contribution >= 0.6 is 27.3 Å². The van der Waals surface area contributed by atoms with Gasteiger partial charge in [-0.05, 0) is 49.4 Å². The topological polar surface area (TPSA) is 58.1 Å². The molecule has 1 heterocycles. The van der Waals surface area contributed by atoms with Crippen LogP contribution in [-0.4, -0.2) is 10.5 Å². The van der Waals surface area contributed by atoms with Gasteiger partial charge >= 0.3 is 0 Å². The van der Waals surface area contributed by atoms with Gasteiger partial charge in [-0.25, -0.2) is 0 Å². The number of thiazole rings is 1. The zero-order valence-corrected chi connectivity index (χ0v) is 14.7. The van der Waals surface area contributed by atoms with E-state index < -0.39 is 0 Å². The van der Waals surface area contributed by atoms with Crippen molar-refractivity contribution in [1.29, 1.82) is 5.26 Å². The van der Waals surface area contributed by atoms with E-state index in [1.54, 1.807) is 24.3 Å². The predicted octanol–water partition coefficient (Wildman–Crippen LogP) is 4.10. The quantitative estimate of drug-likeness (QED) is 0.666. The van der Waals surface area contributed by atoms with E-state index in [4.69, 9.17) is 5.26 Å². The molecular weight excluding hydrogens is 374 g/mol. The summed E-state index contributed by atoms with van der Waals surface area (Å²) in [5.74, 6) is -0.303. The second kappa shape index (κ2) is 6.49. The van der Waals surface area contributed by atoms with Crippen LogP contribution in [0.3, 0.4) is 0 Å². The van der Waals surface area contributed by atoms with Crippen molar-refractivity contribution in [3.63, 3.8) is 0 Å². The average molecular weight is 386 g/mol. The van der Waals surface area contributed by atoms with Gasteiger partial charge in [0, 0.05) is 16.6 Å². The summed E-state index contributed by atoms with van der Waals surface area (Å²) >= 11 is 4.95. The van der Waals surface area contributed by atoms with Gasteiger partial charge in [0.2, 0.25) is 0 Å².